The maximum atomic E-state index is 13.1. The van der Waals surface area contributed by atoms with E-state index in [2.05, 4.69) is 5.32 Å². The lowest BCUT2D eigenvalue weighted by Gasteiger charge is -2.20. The van der Waals surface area contributed by atoms with Crippen molar-refractivity contribution in [2.75, 3.05) is 13.7 Å². The minimum Gasteiger partial charge on any atom is -0.468 e. The number of ether oxygens (including phenoxy) is 1. The highest BCUT2D eigenvalue weighted by atomic mass is 19.1. The van der Waals surface area contributed by atoms with Crippen LogP contribution in [0.1, 0.15) is 18.9 Å². The standard InChI is InChI=1S/C14H18FNO2/c1-14(13(17)18-2)8-11(9-16-14)6-10-4-3-5-12(15)7-10/h3-5,7,11,16H,6,8-9H2,1-2H3. The number of carbonyl (C=O) groups is 1. The minimum atomic E-state index is -0.604. The molecule has 0 bridgehead atoms. The number of benzene rings is 1. The van der Waals surface area contributed by atoms with Crippen molar-refractivity contribution >= 4 is 5.97 Å². The number of hydrogen-bond acceptors (Lipinski definition) is 3. The molecule has 0 aliphatic carbocycles. The van der Waals surface area contributed by atoms with Gasteiger partial charge in [0.25, 0.3) is 0 Å². The summed E-state index contributed by atoms with van der Waals surface area (Å²) < 4.78 is 17.9. The Morgan fingerprint density at radius 1 is 1.61 bits per heavy atom. The summed E-state index contributed by atoms with van der Waals surface area (Å²) in [7, 11) is 1.40. The predicted molar refractivity (Wildman–Crippen MR) is 66.6 cm³/mol. The van der Waals surface area contributed by atoms with Crippen molar-refractivity contribution in [3.05, 3.63) is 35.6 Å². The van der Waals surface area contributed by atoms with Crippen molar-refractivity contribution in [2.24, 2.45) is 5.92 Å². The molecule has 1 saturated heterocycles. The average molecular weight is 251 g/mol. The van der Waals surface area contributed by atoms with Crippen LogP contribution in [-0.2, 0) is 16.0 Å². The normalized spacial score (nSPS) is 27.2. The largest absolute Gasteiger partial charge is 0.468 e. The molecule has 2 atom stereocenters. The van der Waals surface area contributed by atoms with Crippen LogP contribution in [0, 0.1) is 11.7 Å². The Morgan fingerprint density at radius 2 is 2.39 bits per heavy atom. The molecule has 0 radical (unpaired) electrons. The summed E-state index contributed by atoms with van der Waals surface area (Å²) in [5.74, 6) is -0.116. The summed E-state index contributed by atoms with van der Waals surface area (Å²) in [6.45, 7) is 2.60. The molecule has 1 aromatic carbocycles. The maximum Gasteiger partial charge on any atom is 0.325 e. The molecule has 18 heavy (non-hydrogen) atoms. The van der Waals surface area contributed by atoms with Crippen LogP contribution in [-0.4, -0.2) is 25.2 Å². The fraction of sp³-hybridized carbons (Fsp3) is 0.500. The zero-order chi connectivity index (χ0) is 13.2. The van der Waals surface area contributed by atoms with Gasteiger partial charge in [-0.05, 0) is 49.9 Å². The number of methoxy groups -OCH3 is 1. The molecule has 1 N–H and O–H groups in total. The third kappa shape index (κ3) is 2.70. The van der Waals surface area contributed by atoms with Gasteiger partial charge in [0.1, 0.15) is 11.4 Å². The fourth-order valence-corrected chi connectivity index (χ4v) is 2.61. The lowest BCUT2D eigenvalue weighted by atomic mass is 9.91. The molecular formula is C14H18FNO2. The van der Waals surface area contributed by atoms with Crippen LogP contribution in [0.4, 0.5) is 4.39 Å². The second kappa shape index (κ2) is 5.06. The van der Waals surface area contributed by atoms with Gasteiger partial charge in [0.15, 0.2) is 0 Å². The van der Waals surface area contributed by atoms with Gasteiger partial charge in [-0.3, -0.25) is 4.79 Å². The fourth-order valence-electron chi connectivity index (χ4n) is 2.61. The second-order valence-electron chi connectivity index (χ2n) is 5.11. The Bertz CT molecular complexity index is 449. The summed E-state index contributed by atoms with van der Waals surface area (Å²) in [6, 6.07) is 6.62. The van der Waals surface area contributed by atoms with Crippen LogP contribution in [0.5, 0.6) is 0 Å². The Kier molecular flexibility index (Phi) is 3.66. The number of hydrogen-bond donors (Lipinski definition) is 1. The first-order valence-electron chi connectivity index (χ1n) is 6.11. The molecule has 2 rings (SSSR count). The highest BCUT2D eigenvalue weighted by Crippen LogP contribution is 2.27. The van der Waals surface area contributed by atoms with Crippen LogP contribution in [0.3, 0.4) is 0 Å². The smallest absolute Gasteiger partial charge is 0.325 e. The summed E-state index contributed by atoms with van der Waals surface area (Å²) >= 11 is 0. The van der Waals surface area contributed by atoms with Crippen molar-refractivity contribution in [1.82, 2.24) is 5.32 Å². The molecule has 3 nitrogen and oxygen atoms in total. The number of halogens is 1. The van der Waals surface area contributed by atoms with Gasteiger partial charge in [0.2, 0.25) is 0 Å². The quantitative estimate of drug-likeness (QED) is 0.834. The molecule has 0 amide bonds. The Morgan fingerprint density at radius 3 is 3.06 bits per heavy atom. The Labute approximate surface area is 106 Å². The molecule has 1 aliphatic rings. The van der Waals surface area contributed by atoms with Crippen LogP contribution >= 0.6 is 0 Å². The topological polar surface area (TPSA) is 38.3 Å². The van der Waals surface area contributed by atoms with E-state index in [-0.39, 0.29) is 11.8 Å². The van der Waals surface area contributed by atoms with Gasteiger partial charge in [-0.15, -0.1) is 0 Å². The summed E-state index contributed by atoms with van der Waals surface area (Å²) in [5, 5.41) is 3.20. The number of nitrogens with one attached hydrogen (secondary N) is 1. The molecule has 1 aromatic rings. The molecule has 1 fully saturated rings. The highest BCUT2D eigenvalue weighted by Gasteiger charge is 2.41. The van der Waals surface area contributed by atoms with Crippen LogP contribution in [0.25, 0.3) is 0 Å². The van der Waals surface area contributed by atoms with Crippen molar-refractivity contribution in [3.63, 3.8) is 0 Å². The van der Waals surface area contributed by atoms with E-state index < -0.39 is 5.54 Å². The molecule has 0 aromatic heterocycles. The number of esters is 1. The zero-order valence-corrected chi connectivity index (χ0v) is 10.7. The third-order valence-electron chi connectivity index (χ3n) is 3.53. The van der Waals surface area contributed by atoms with Crippen LogP contribution < -0.4 is 5.32 Å². The van der Waals surface area contributed by atoms with E-state index >= 15 is 0 Å². The minimum absolute atomic E-state index is 0.214. The third-order valence-corrected chi connectivity index (χ3v) is 3.53. The van der Waals surface area contributed by atoms with Gasteiger partial charge in [-0.1, -0.05) is 12.1 Å². The van der Waals surface area contributed by atoms with Crippen molar-refractivity contribution < 1.29 is 13.9 Å². The van der Waals surface area contributed by atoms with Crippen molar-refractivity contribution in [2.45, 2.75) is 25.3 Å². The van der Waals surface area contributed by atoms with Gasteiger partial charge in [-0.2, -0.15) is 0 Å². The van der Waals surface area contributed by atoms with E-state index in [1.165, 1.54) is 13.2 Å². The van der Waals surface area contributed by atoms with E-state index in [1.807, 2.05) is 13.0 Å². The Hall–Kier alpha value is -1.42. The number of carbonyl (C=O) groups excluding carboxylic acids is 1. The summed E-state index contributed by atoms with van der Waals surface area (Å²) in [4.78, 5) is 11.6. The predicted octanol–water partition coefficient (Wildman–Crippen LogP) is 1.91. The van der Waals surface area contributed by atoms with E-state index in [9.17, 15) is 9.18 Å². The van der Waals surface area contributed by atoms with Gasteiger partial charge >= 0.3 is 5.97 Å². The van der Waals surface area contributed by atoms with E-state index in [4.69, 9.17) is 4.74 Å². The average Bonchev–Trinajstić information content (AvgIpc) is 2.71. The first-order chi connectivity index (χ1) is 8.53. The lowest BCUT2D eigenvalue weighted by Crippen LogP contribution is -2.45. The van der Waals surface area contributed by atoms with Gasteiger partial charge < -0.3 is 10.1 Å². The van der Waals surface area contributed by atoms with Gasteiger partial charge in [0.05, 0.1) is 7.11 Å². The van der Waals surface area contributed by atoms with E-state index in [1.54, 1.807) is 12.1 Å². The monoisotopic (exact) mass is 251 g/mol. The molecule has 0 saturated carbocycles. The lowest BCUT2D eigenvalue weighted by molar-refractivity contribution is -0.147. The Balaban J connectivity index is 2.00. The van der Waals surface area contributed by atoms with Crippen molar-refractivity contribution in [1.29, 1.82) is 0 Å². The maximum absolute atomic E-state index is 13.1. The molecular weight excluding hydrogens is 233 g/mol. The van der Waals surface area contributed by atoms with Crippen molar-refractivity contribution in [3.8, 4) is 0 Å². The summed E-state index contributed by atoms with van der Waals surface area (Å²) in [6.07, 6.45) is 1.49. The molecule has 1 heterocycles. The van der Waals surface area contributed by atoms with E-state index in [0.29, 0.717) is 5.92 Å². The first-order valence-corrected chi connectivity index (χ1v) is 6.11. The SMILES string of the molecule is COC(=O)C1(C)CC(Cc2cccc(F)c2)CN1. The summed E-state index contributed by atoms with van der Waals surface area (Å²) in [5.41, 5.74) is 0.364. The molecule has 0 spiro atoms. The van der Waals surface area contributed by atoms with Crippen LogP contribution in [0.2, 0.25) is 0 Å². The van der Waals surface area contributed by atoms with Gasteiger partial charge in [-0.25, -0.2) is 4.39 Å². The molecule has 98 valence electrons. The first kappa shape index (κ1) is 13.0. The van der Waals surface area contributed by atoms with Gasteiger partial charge in [0, 0.05) is 0 Å². The highest BCUT2D eigenvalue weighted by molar-refractivity contribution is 5.80. The molecule has 4 heteroatoms. The van der Waals surface area contributed by atoms with E-state index in [0.717, 1.165) is 24.9 Å². The zero-order valence-electron chi connectivity index (χ0n) is 10.7. The van der Waals surface area contributed by atoms with Crippen LogP contribution in [0.15, 0.2) is 24.3 Å². The second-order valence-corrected chi connectivity index (χ2v) is 5.11. The number of rotatable bonds is 3. The molecule has 2 unspecified atom stereocenters. The molecule has 1 aliphatic heterocycles.